The highest BCUT2D eigenvalue weighted by Crippen LogP contribution is 2.37. The third kappa shape index (κ3) is 5.95. The van der Waals surface area contributed by atoms with E-state index in [-0.39, 0.29) is 10.8 Å². The summed E-state index contributed by atoms with van der Waals surface area (Å²) in [5.41, 5.74) is 1.04. The summed E-state index contributed by atoms with van der Waals surface area (Å²) < 4.78 is 15.7. The quantitative estimate of drug-likeness (QED) is 0.379. The van der Waals surface area contributed by atoms with Crippen LogP contribution in [0.3, 0.4) is 0 Å². The molecular weight excluding hydrogens is 394 g/mol. The molecule has 0 aliphatic carbocycles. The van der Waals surface area contributed by atoms with E-state index in [4.69, 9.17) is 11.6 Å². The zero-order chi connectivity index (χ0) is 17.6. The molecule has 1 aromatic carbocycles. The fourth-order valence-corrected chi connectivity index (χ4v) is 4.38. The number of hydrogen-bond acceptors (Lipinski definition) is 2. The highest BCUT2D eigenvalue weighted by Gasteiger charge is 2.38. The van der Waals surface area contributed by atoms with Gasteiger partial charge in [0.25, 0.3) is 0 Å². The van der Waals surface area contributed by atoms with Crippen molar-refractivity contribution >= 4 is 38.9 Å². The predicted octanol–water partition coefficient (Wildman–Crippen LogP) is 6.06. The van der Waals surface area contributed by atoms with Crippen LogP contribution in [0.4, 0.5) is 0 Å². The number of rotatable bonds is 8. The van der Waals surface area contributed by atoms with Gasteiger partial charge in [-0.3, -0.25) is 0 Å². The number of allylic oxidation sites excluding steroid dienone is 1. The lowest BCUT2D eigenvalue weighted by molar-refractivity contribution is 0.323. The Balaban J connectivity index is 3.32. The van der Waals surface area contributed by atoms with Crippen molar-refractivity contribution < 1.29 is 4.55 Å². The van der Waals surface area contributed by atoms with Gasteiger partial charge >= 0.3 is 0 Å². The first kappa shape index (κ1) is 20.8. The Hall–Kier alpha value is -0.260. The van der Waals surface area contributed by atoms with E-state index in [0.29, 0.717) is 11.6 Å². The van der Waals surface area contributed by atoms with Crippen LogP contribution in [-0.4, -0.2) is 20.1 Å². The van der Waals surface area contributed by atoms with Crippen molar-refractivity contribution in [2.24, 2.45) is 0 Å². The van der Waals surface area contributed by atoms with Crippen molar-refractivity contribution in [2.45, 2.75) is 44.4 Å². The largest absolute Gasteiger partial charge is 0.597 e. The Bertz CT molecular complexity index is 544. The van der Waals surface area contributed by atoms with Gasteiger partial charge in [-0.25, -0.2) is 0 Å². The molecule has 0 aliphatic rings. The molecule has 2 nitrogen and oxygen atoms in total. The summed E-state index contributed by atoms with van der Waals surface area (Å²) in [6.45, 7) is 14.1. The van der Waals surface area contributed by atoms with Crippen molar-refractivity contribution in [3.8, 4) is 0 Å². The summed E-state index contributed by atoms with van der Waals surface area (Å²) in [5, 5.41) is 0.673. The maximum absolute atomic E-state index is 13.0. The van der Waals surface area contributed by atoms with Gasteiger partial charge in [0.2, 0.25) is 0 Å². The summed E-state index contributed by atoms with van der Waals surface area (Å²) in [6.07, 6.45) is 5.33. The standard InChI is InChI=1S/C18H25BrClNOS/c1-6-8-9-17(15-13-14(20)10-11-16(15)19)21(12-7-2)23(22)18(3,4)5/h6-7,10-11,13,17H,1-2,8-9,12H2,3-5H3/t17-,23?/m0/s1. The van der Waals surface area contributed by atoms with Crippen LogP contribution in [-0.2, 0) is 11.4 Å². The molecule has 1 unspecified atom stereocenters. The maximum atomic E-state index is 13.0. The van der Waals surface area contributed by atoms with Crippen LogP contribution >= 0.6 is 27.5 Å². The van der Waals surface area contributed by atoms with Crippen molar-refractivity contribution in [3.05, 3.63) is 58.6 Å². The Kier molecular flexibility index (Phi) is 8.39. The Morgan fingerprint density at radius 3 is 2.52 bits per heavy atom. The molecule has 0 spiro atoms. The highest BCUT2D eigenvalue weighted by molar-refractivity contribution is 9.10. The first-order valence-electron chi connectivity index (χ1n) is 7.57. The molecule has 0 bridgehead atoms. The van der Waals surface area contributed by atoms with E-state index in [9.17, 15) is 4.55 Å². The molecule has 1 rings (SSSR count). The average Bonchev–Trinajstić information content (AvgIpc) is 2.48. The minimum atomic E-state index is -1.16. The van der Waals surface area contributed by atoms with E-state index >= 15 is 0 Å². The highest BCUT2D eigenvalue weighted by atomic mass is 79.9. The molecule has 23 heavy (non-hydrogen) atoms. The molecule has 5 heteroatoms. The van der Waals surface area contributed by atoms with E-state index in [1.807, 2.05) is 49.4 Å². The molecule has 128 valence electrons. The lowest BCUT2D eigenvalue weighted by Gasteiger charge is -2.37. The molecule has 0 fully saturated rings. The van der Waals surface area contributed by atoms with Gasteiger partial charge < -0.3 is 4.55 Å². The molecule has 0 radical (unpaired) electrons. The molecule has 0 saturated heterocycles. The summed E-state index contributed by atoms with van der Waals surface area (Å²) in [6, 6.07) is 5.69. The normalized spacial score (nSPS) is 14.6. The number of halogens is 2. The van der Waals surface area contributed by atoms with Crippen LogP contribution in [0, 0.1) is 0 Å². The molecule has 0 amide bonds. The molecule has 2 atom stereocenters. The molecule has 0 saturated carbocycles. The zero-order valence-corrected chi connectivity index (χ0v) is 17.2. The second-order valence-electron chi connectivity index (χ2n) is 6.30. The first-order chi connectivity index (χ1) is 10.7. The third-order valence-electron chi connectivity index (χ3n) is 3.35. The smallest absolute Gasteiger partial charge is 0.137 e. The Morgan fingerprint density at radius 2 is 2.00 bits per heavy atom. The van der Waals surface area contributed by atoms with Crippen LogP contribution in [0.1, 0.15) is 45.2 Å². The lowest BCUT2D eigenvalue weighted by atomic mass is 10.0. The van der Waals surface area contributed by atoms with Gasteiger partial charge in [-0.2, -0.15) is 0 Å². The van der Waals surface area contributed by atoms with Gasteiger partial charge in [-0.15, -0.1) is 17.5 Å². The number of hydrogen-bond donors (Lipinski definition) is 0. The van der Waals surface area contributed by atoms with Crippen molar-refractivity contribution in [1.29, 1.82) is 0 Å². The monoisotopic (exact) mass is 417 g/mol. The molecule has 0 aliphatic heterocycles. The van der Waals surface area contributed by atoms with E-state index in [0.717, 1.165) is 22.9 Å². The predicted molar refractivity (Wildman–Crippen MR) is 106 cm³/mol. The van der Waals surface area contributed by atoms with Gasteiger partial charge in [0.15, 0.2) is 0 Å². The number of nitrogens with zero attached hydrogens (tertiary/aromatic N) is 1. The minimum absolute atomic E-state index is 0.0286. The Labute approximate surface area is 157 Å². The van der Waals surface area contributed by atoms with Crippen molar-refractivity contribution in [1.82, 2.24) is 4.31 Å². The summed E-state index contributed by atoms with van der Waals surface area (Å²) >= 11 is 8.64. The SMILES string of the molecule is C=CCC[C@@H](c1cc(Cl)ccc1Br)N(CC=C)[S+]([O-])C(C)(C)C. The summed E-state index contributed by atoms with van der Waals surface area (Å²) in [5.74, 6) is 0. The van der Waals surface area contributed by atoms with Crippen molar-refractivity contribution in [3.63, 3.8) is 0 Å². The van der Waals surface area contributed by atoms with Crippen LogP contribution in [0.25, 0.3) is 0 Å². The van der Waals surface area contributed by atoms with Crippen LogP contribution < -0.4 is 0 Å². The van der Waals surface area contributed by atoms with Gasteiger partial charge in [-0.1, -0.05) is 39.7 Å². The topological polar surface area (TPSA) is 26.3 Å². The van der Waals surface area contributed by atoms with Gasteiger partial charge in [0.1, 0.15) is 4.75 Å². The Morgan fingerprint density at radius 1 is 1.35 bits per heavy atom. The second kappa shape index (κ2) is 9.28. The summed E-state index contributed by atoms with van der Waals surface area (Å²) in [4.78, 5) is 0. The van der Waals surface area contributed by atoms with Crippen LogP contribution in [0.2, 0.25) is 5.02 Å². The first-order valence-corrected chi connectivity index (χ1v) is 9.85. The third-order valence-corrected chi connectivity index (χ3v) is 6.19. The van der Waals surface area contributed by atoms with E-state index in [1.54, 1.807) is 6.08 Å². The van der Waals surface area contributed by atoms with E-state index in [1.165, 1.54) is 0 Å². The zero-order valence-electron chi connectivity index (χ0n) is 14.0. The minimum Gasteiger partial charge on any atom is -0.597 e. The fraction of sp³-hybridized carbons (Fsp3) is 0.444. The molecule has 0 aromatic heterocycles. The molecule has 0 heterocycles. The summed E-state index contributed by atoms with van der Waals surface area (Å²) in [7, 11) is 0. The molecular formula is C18H25BrClNOS. The van der Waals surface area contributed by atoms with Crippen molar-refractivity contribution in [2.75, 3.05) is 6.54 Å². The van der Waals surface area contributed by atoms with Gasteiger partial charge in [-0.05, 0) is 57.4 Å². The lowest BCUT2D eigenvalue weighted by Crippen LogP contribution is -2.45. The van der Waals surface area contributed by atoms with E-state index < -0.39 is 11.4 Å². The van der Waals surface area contributed by atoms with Gasteiger partial charge in [0, 0.05) is 20.9 Å². The van der Waals surface area contributed by atoms with Gasteiger partial charge in [0.05, 0.1) is 12.6 Å². The molecule has 1 aromatic rings. The average molecular weight is 419 g/mol. The van der Waals surface area contributed by atoms with E-state index in [2.05, 4.69) is 29.1 Å². The second-order valence-corrected chi connectivity index (χ2v) is 9.78. The van der Waals surface area contributed by atoms with Crippen LogP contribution in [0.15, 0.2) is 48.0 Å². The number of benzene rings is 1. The van der Waals surface area contributed by atoms with Crippen LogP contribution in [0.5, 0.6) is 0 Å². The fourth-order valence-electron chi connectivity index (χ4n) is 2.29. The maximum Gasteiger partial charge on any atom is 0.137 e. The molecule has 0 N–H and O–H groups in total.